The molecule has 1 aliphatic heterocycles. The molecule has 3 rings (SSSR count). The van der Waals surface area contributed by atoms with Crippen molar-refractivity contribution in [1.29, 1.82) is 0 Å². The average molecular weight is 398 g/mol. The Kier molecular flexibility index (Phi) is 6.72. The largest absolute Gasteiger partial charge is 0.377 e. The highest BCUT2D eigenvalue weighted by Gasteiger charge is 2.25. The van der Waals surface area contributed by atoms with E-state index in [0.29, 0.717) is 31.0 Å². The topological polar surface area (TPSA) is 75.7 Å². The maximum atomic E-state index is 13.6. The van der Waals surface area contributed by atoms with Gasteiger partial charge < -0.3 is 15.0 Å². The summed E-state index contributed by atoms with van der Waals surface area (Å²) in [6.07, 6.45) is -0.178. The summed E-state index contributed by atoms with van der Waals surface area (Å²) in [4.78, 5) is 38.8. The average Bonchev–Trinajstić information content (AvgIpc) is 2.72. The Balaban J connectivity index is 1.58. The molecule has 1 N–H and O–H groups in total. The van der Waals surface area contributed by atoms with E-state index in [4.69, 9.17) is 4.74 Å². The molecule has 0 aliphatic carbocycles. The number of benzene rings is 2. The smallest absolute Gasteiger partial charge is 0.254 e. The van der Waals surface area contributed by atoms with Crippen molar-refractivity contribution in [2.24, 2.45) is 0 Å². The Morgan fingerprint density at radius 3 is 2.69 bits per heavy atom. The van der Waals surface area contributed by atoms with E-state index in [-0.39, 0.29) is 36.3 Å². The number of anilines is 1. The Morgan fingerprint density at radius 1 is 1.14 bits per heavy atom. The number of carbonyl (C=O) groups is 3. The van der Waals surface area contributed by atoms with E-state index < -0.39 is 11.6 Å². The lowest BCUT2D eigenvalue weighted by atomic mass is 10.1. The van der Waals surface area contributed by atoms with E-state index in [9.17, 15) is 18.8 Å². The Labute approximate surface area is 168 Å². The second kappa shape index (κ2) is 9.43. The first-order valence-electron chi connectivity index (χ1n) is 9.52. The minimum atomic E-state index is -0.596. The van der Waals surface area contributed by atoms with Gasteiger partial charge in [-0.2, -0.15) is 0 Å². The zero-order valence-electron chi connectivity index (χ0n) is 16.2. The number of ether oxygens (including phenoxy) is 1. The number of rotatable bonds is 6. The maximum absolute atomic E-state index is 13.6. The highest BCUT2D eigenvalue weighted by molar-refractivity contribution is 6.01. The third kappa shape index (κ3) is 5.26. The minimum Gasteiger partial charge on any atom is -0.377 e. The van der Waals surface area contributed by atoms with Gasteiger partial charge in [0.15, 0.2) is 5.78 Å². The first-order chi connectivity index (χ1) is 14.0. The fraction of sp³-hybridized carbons (Fsp3) is 0.318. The molecule has 1 heterocycles. The van der Waals surface area contributed by atoms with Crippen LogP contribution >= 0.6 is 0 Å². The van der Waals surface area contributed by atoms with Gasteiger partial charge in [-0.25, -0.2) is 4.39 Å². The van der Waals surface area contributed by atoms with Crippen LogP contribution in [0, 0.1) is 5.82 Å². The van der Waals surface area contributed by atoms with Crippen molar-refractivity contribution >= 4 is 23.3 Å². The Morgan fingerprint density at radius 2 is 1.93 bits per heavy atom. The molecule has 2 aromatic carbocycles. The van der Waals surface area contributed by atoms with Crippen molar-refractivity contribution in [2.75, 3.05) is 25.1 Å². The number of carbonyl (C=O) groups excluding carboxylic acids is 3. The molecular formula is C22H23FN2O4. The van der Waals surface area contributed by atoms with Crippen molar-refractivity contribution in [1.82, 2.24) is 4.90 Å². The van der Waals surface area contributed by atoms with Crippen molar-refractivity contribution in [2.45, 2.75) is 25.8 Å². The summed E-state index contributed by atoms with van der Waals surface area (Å²) in [6.45, 7) is 3.45. The third-order valence-electron chi connectivity index (χ3n) is 4.78. The van der Waals surface area contributed by atoms with Crippen molar-refractivity contribution in [3.05, 3.63) is 65.5 Å². The van der Waals surface area contributed by atoms with Gasteiger partial charge >= 0.3 is 0 Å². The highest BCUT2D eigenvalue weighted by atomic mass is 19.1. The standard InChI is InChI=1S/C22H23FN2O4/c1-15-14-29-12-11-25(15)22(28)16-5-4-6-17(13-16)24-21(27)10-9-20(26)18-7-2-3-8-19(18)23/h2-8,13,15H,9-12,14H2,1H3,(H,24,27). The second-order valence-corrected chi connectivity index (χ2v) is 6.95. The molecule has 1 fully saturated rings. The van der Waals surface area contributed by atoms with Crippen LogP contribution in [0.5, 0.6) is 0 Å². The molecule has 7 heteroatoms. The molecule has 0 radical (unpaired) electrons. The summed E-state index contributed by atoms with van der Waals surface area (Å²) < 4.78 is 19.0. The van der Waals surface area contributed by atoms with E-state index in [1.807, 2.05) is 6.92 Å². The number of amides is 2. The number of Topliss-reactive ketones (excluding diaryl/α,β-unsaturated/α-hetero) is 1. The Bertz CT molecular complexity index is 915. The van der Waals surface area contributed by atoms with E-state index in [2.05, 4.69) is 5.32 Å². The first-order valence-corrected chi connectivity index (χ1v) is 9.52. The van der Waals surface area contributed by atoms with Gasteiger partial charge in [-0.15, -0.1) is 0 Å². The number of hydrogen-bond donors (Lipinski definition) is 1. The predicted octanol–water partition coefficient (Wildman–Crippen LogP) is 3.29. The molecular weight excluding hydrogens is 375 g/mol. The van der Waals surface area contributed by atoms with Gasteiger partial charge in [0.1, 0.15) is 5.82 Å². The lowest BCUT2D eigenvalue weighted by molar-refractivity contribution is -0.116. The van der Waals surface area contributed by atoms with Gasteiger partial charge in [0.05, 0.1) is 24.8 Å². The Hall–Kier alpha value is -3.06. The van der Waals surface area contributed by atoms with Gasteiger partial charge in [-0.1, -0.05) is 18.2 Å². The maximum Gasteiger partial charge on any atom is 0.254 e. The van der Waals surface area contributed by atoms with Gasteiger partial charge in [0.25, 0.3) is 5.91 Å². The molecule has 0 spiro atoms. The summed E-state index contributed by atoms with van der Waals surface area (Å²) >= 11 is 0. The summed E-state index contributed by atoms with van der Waals surface area (Å²) in [7, 11) is 0. The van der Waals surface area contributed by atoms with Crippen molar-refractivity contribution in [3.8, 4) is 0 Å². The molecule has 1 saturated heterocycles. The third-order valence-corrected chi connectivity index (χ3v) is 4.78. The van der Waals surface area contributed by atoms with Gasteiger partial charge in [0, 0.05) is 30.6 Å². The summed E-state index contributed by atoms with van der Waals surface area (Å²) in [6, 6.07) is 12.4. The number of ketones is 1. The molecule has 29 heavy (non-hydrogen) atoms. The zero-order chi connectivity index (χ0) is 20.8. The lowest BCUT2D eigenvalue weighted by Gasteiger charge is -2.33. The van der Waals surface area contributed by atoms with E-state index in [1.54, 1.807) is 35.2 Å². The predicted molar refractivity (Wildman–Crippen MR) is 106 cm³/mol. The number of hydrogen-bond acceptors (Lipinski definition) is 4. The molecule has 0 aromatic heterocycles. The van der Waals surface area contributed by atoms with E-state index in [1.165, 1.54) is 18.2 Å². The summed E-state index contributed by atoms with van der Waals surface area (Å²) in [5, 5.41) is 2.69. The fourth-order valence-electron chi connectivity index (χ4n) is 3.20. The summed E-state index contributed by atoms with van der Waals surface area (Å²) in [5.74, 6) is -1.52. The van der Waals surface area contributed by atoms with Crippen LogP contribution in [0.2, 0.25) is 0 Å². The summed E-state index contributed by atoms with van der Waals surface area (Å²) in [5.41, 5.74) is 0.923. The SMILES string of the molecule is CC1COCCN1C(=O)c1cccc(NC(=O)CCC(=O)c2ccccc2F)c1. The van der Waals surface area contributed by atoms with E-state index >= 15 is 0 Å². The minimum absolute atomic E-state index is 0.0149. The molecule has 1 atom stereocenters. The molecule has 152 valence electrons. The molecule has 2 amide bonds. The second-order valence-electron chi connectivity index (χ2n) is 6.95. The van der Waals surface area contributed by atoms with Gasteiger partial charge in [-0.05, 0) is 37.3 Å². The number of morpholine rings is 1. The molecule has 6 nitrogen and oxygen atoms in total. The van der Waals surface area contributed by atoms with Crippen LogP contribution in [-0.4, -0.2) is 48.3 Å². The molecule has 1 unspecified atom stereocenters. The molecule has 1 aliphatic rings. The van der Waals surface area contributed by atoms with Crippen LogP contribution in [-0.2, 0) is 9.53 Å². The van der Waals surface area contributed by atoms with Crippen LogP contribution in [0.3, 0.4) is 0 Å². The highest BCUT2D eigenvalue weighted by Crippen LogP contribution is 2.17. The quantitative estimate of drug-likeness (QED) is 0.758. The van der Waals surface area contributed by atoms with Crippen LogP contribution in [0.25, 0.3) is 0 Å². The van der Waals surface area contributed by atoms with Gasteiger partial charge in [0.2, 0.25) is 5.91 Å². The van der Waals surface area contributed by atoms with Crippen molar-refractivity contribution in [3.63, 3.8) is 0 Å². The molecule has 0 bridgehead atoms. The lowest BCUT2D eigenvalue weighted by Crippen LogP contribution is -2.47. The van der Waals surface area contributed by atoms with E-state index in [0.717, 1.165) is 0 Å². The molecule has 2 aromatic rings. The number of nitrogens with one attached hydrogen (secondary N) is 1. The van der Waals surface area contributed by atoms with Crippen LogP contribution in [0.15, 0.2) is 48.5 Å². The monoisotopic (exact) mass is 398 g/mol. The van der Waals surface area contributed by atoms with Crippen molar-refractivity contribution < 1.29 is 23.5 Å². The fourth-order valence-corrected chi connectivity index (χ4v) is 3.20. The normalized spacial score (nSPS) is 16.3. The van der Waals surface area contributed by atoms with Gasteiger partial charge in [-0.3, -0.25) is 14.4 Å². The number of halogens is 1. The number of nitrogens with zero attached hydrogens (tertiary/aromatic N) is 1. The van der Waals surface area contributed by atoms with Crippen LogP contribution in [0.1, 0.15) is 40.5 Å². The first kappa shape index (κ1) is 20.7. The molecule has 0 saturated carbocycles. The van der Waals surface area contributed by atoms with Crippen LogP contribution < -0.4 is 5.32 Å². The zero-order valence-corrected chi connectivity index (χ0v) is 16.2. The van der Waals surface area contributed by atoms with Crippen LogP contribution in [0.4, 0.5) is 10.1 Å².